The number of halogens is 5. The van der Waals surface area contributed by atoms with E-state index >= 15 is 0 Å². The van der Waals surface area contributed by atoms with Crippen molar-refractivity contribution in [2.75, 3.05) is 5.73 Å². The molecule has 1 aromatic heterocycles. The van der Waals surface area contributed by atoms with E-state index in [1.807, 2.05) is 0 Å². The Labute approximate surface area is 92.4 Å². The van der Waals surface area contributed by atoms with E-state index in [9.17, 15) is 22.0 Å². The Morgan fingerprint density at radius 2 is 1.94 bits per heavy atom. The zero-order valence-corrected chi connectivity index (χ0v) is 8.26. The van der Waals surface area contributed by atoms with Crippen molar-refractivity contribution < 1.29 is 26.7 Å². The largest absolute Gasteiger partial charge is 0.573 e. The number of nitrogen functional groups attached to an aromatic ring is 1. The summed E-state index contributed by atoms with van der Waals surface area (Å²) in [6, 6.07) is 0. The second kappa shape index (κ2) is 4.70. The van der Waals surface area contributed by atoms with E-state index in [1.54, 1.807) is 0 Å². The summed E-state index contributed by atoms with van der Waals surface area (Å²) in [5.74, 6) is -0.968. The molecule has 0 bridgehead atoms. The molecule has 0 aliphatic carbocycles. The first kappa shape index (κ1) is 13.4. The van der Waals surface area contributed by atoms with Crippen LogP contribution in [0.25, 0.3) is 0 Å². The molecular formula is C8H8F5N3O. The number of anilines is 1. The van der Waals surface area contributed by atoms with Crippen LogP contribution < -0.4 is 16.2 Å². The van der Waals surface area contributed by atoms with Gasteiger partial charge in [0.05, 0.1) is 23.1 Å². The summed E-state index contributed by atoms with van der Waals surface area (Å²) < 4.78 is 64.4. The molecule has 1 aromatic rings. The lowest BCUT2D eigenvalue weighted by Gasteiger charge is -2.15. The molecule has 0 unspecified atom stereocenters. The van der Waals surface area contributed by atoms with E-state index in [0.717, 1.165) is 0 Å². The Morgan fingerprint density at radius 3 is 2.35 bits per heavy atom. The summed E-state index contributed by atoms with van der Waals surface area (Å²) in [5, 5.41) is 0. The zero-order valence-electron chi connectivity index (χ0n) is 8.26. The number of hydrogen-bond acceptors (Lipinski definition) is 4. The molecule has 4 nitrogen and oxygen atoms in total. The molecule has 0 amide bonds. The number of nitrogens with two attached hydrogens (primary N) is 2. The van der Waals surface area contributed by atoms with Crippen LogP contribution in [0.2, 0.25) is 0 Å². The summed E-state index contributed by atoms with van der Waals surface area (Å²) in [4.78, 5) is 3.35. The molecular weight excluding hydrogens is 249 g/mol. The Kier molecular flexibility index (Phi) is 3.71. The van der Waals surface area contributed by atoms with Gasteiger partial charge in [0.25, 0.3) is 6.43 Å². The van der Waals surface area contributed by atoms with Crippen molar-refractivity contribution in [2.45, 2.75) is 19.3 Å². The SMILES string of the molecule is NCc1ncc(OC(F)(F)F)c(N)c1C(F)F. The van der Waals surface area contributed by atoms with Crippen LogP contribution in [0.3, 0.4) is 0 Å². The van der Waals surface area contributed by atoms with Gasteiger partial charge < -0.3 is 16.2 Å². The molecule has 0 aromatic carbocycles. The maximum absolute atomic E-state index is 12.6. The molecule has 0 atom stereocenters. The van der Waals surface area contributed by atoms with Crippen molar-refractivity contribution >= 4 is 5.69 Å². The first-order valence-electron chi connectivity index (χ1n) is 4.27. The lowest BCUT2D eigenvalue weighted by atomic mass is 10.1. The first-order valence-corrected chi connectivity index (χ1v) is 4.27. The highest BCUT2D eigenvalue weighted by Crippen LogP contribution is 2.36. The number of ether oxygens (including phenoxy) is 1. The average Bonchev–Trinajstić information content (AvgIpc) is 2.18. The lowest BCUT2D eigenvalue weighted by molar-refractivity contribution is -0.274. The van der Waals surface area contributed by atoms with Crippen molar-refractivity contribution in [3.63, 3.8) is 0 Å². The van der Waals surface area contributed by atoms with Crippen LogP contribution in [0.5, 0.6) is 5.75 Å². The molecule has 0 radical (unpaired) electrons. The molecule has 0 saturated heterocycles. The normalized spacial score (nSPS) is 11.9. The second-order valence-electron chi connectivity index (χ2n) is 2.95. The van der Waals surface area contributed by atoms with E-state index in [-0.39, 0.29) is 12.2 Å². The Hall–Kier alpha value is -1.64. The van der Waals surface area contributed by atoms with Gasteiger partial charge >= 0.3 is 6.36 Å². The monoisotopic (exact) mass is 257 g/mol. The standard InChI is InChI=1S/C8H8F5N3O/c9-7(10)5-3(1-14)16-2-4(6(5)15)17-8(11,12)13/h2,7H,1,14H2,(H2,15,16). The maximum atomic E-state index is 12.6. The molecule has 0 spiro atoms. The smallest absolute Gasteiger partial charge is 0.402 e. The fourth-order valence-corrected chi connectivity index (χ4v) is 1.18. The third kappa shape index (κ3) is 3.16. The number of aromatic nitrogens is 1. The maximum Gasteiger partial charge on any atom is 0.573 e. The van der Waals surface area contributed by atoms with Crippen LogP contribution >= 0.6 is 0 Å². The van der Waals surface area contributed by atoms with Gasteiger partial charge in [-0.2, -0.15) is 0 Å². The lowest BCUT2D eigenvalue weighted by Crippen LogP contribution is -2.19. The fraction of sp³-hybridized carbons (Fsp3) is 0.375. The first-order chi connectivity index (χ1) is 7.76. The second-order valence-corrected chi connectivity index (χ2v) is 2.95. The van der Waals surface area contributed by atoms with Crippen molar-refractivity contribution in [2.24, 2.45) is 5.73 Å². The van der Waals surface area contributed by atoms with Crippen molar-refractivity contribution in [3.05, 3.63) is 17.5 Å². The minimum Gasteiger partial charge on any atom is -0.402 e. The van der Waals surface area contributed by atoms with E-state index in [4.69, 9.17) is 11.5 Å². The molecule has 0 aliphatic rings. The van der Waals surface area contributed by atoms with E-state index in [0.29, 0.717) is 6.20 Å². The quantitative estimate of drug-likeness (QED) is 0.812. The summed E-state index contributed by atoms with van der Waals surface area (Å²) >= 11 is 0. The van der Waals surface area contributed by atoms with Crippen molar-refractivity contribution in [1.82, 2.24) is 4.98 Å². The van der Waals surface area contributed by atoms with Gasteiger partial charge in [0.2, 0.25) is 0 Å². The summed E-state index contributed by atoms with van der Waals surface area (Å²) in [6.07, 6.45) is -7.51. The van der Waals surface area contributed by atoms with Gasteiger partial charge in [0.15, 0.2) is 5.75 Å². The van der Waals surface area contributed by atoms with Crippen molar-refractivity contribution in [3.8, 4) is 5.75 Å². The number of pyridine rings is 1. The van der Waals surface area contributed by atoms with Crippen LogP contribution in [0.1, 0.15) is 17.7 Å². The average molecular weight is 257 g/mol. The molecule has 0 fully saturated rings. The highest BCUT2D eigenvalue weighted by Gasteiger charge is 2.33. The highest BCUT2D eigenvalue weighted by molar-refractivity contribution is 5.59. The Morgan fingerprint density at radius 1 is 1.35 bits per heavy atom. The predicted octanol–water partition coefficient (Wildman–Crippen LogP) is 1.96. The fourth-order valence-electron chi connectivity index (χ4n) is 1.18. The van der Waals surface area contributed by atoms with Crippen LogP contribution in [0, 0.1) is 0 Å². The van der Waals surface area contributed by atoms with E-state index in [1.165, 1.54) is 0 Å². The van der Waals surface area contributed by atoms with Gasteiger partial charge in [0, 0.05) is 6.54 Å². The van der Waals surface area contributed by atoms with Crippen LogP contribution in [0.15, 0.2) is 6.20 Å². The molecule has 0 aliphatic heterocycles. The molecule has 9 heteroatoms. The summed E-state index contributed by atoms with van der Waals surface area (Å²) in [6.45, 7) is -0.365. The van der Waals surface area contributed by atoms with Gasteiger partial charge in [-0.25, -0.2) is 8.78 Å². The number of alkyl halides is 5. The summed E-state index contributed by atoms with van der Waals surface area (Å²) in [5.41, 5.74) is 8.37. The van der Waals surface area contributed by atoms with Gasteiger partial charge in [0.1, 0.15) is 0 Å². The van der Waals surface area contributed by atoms with Crippen molar-refractivity contribution in [1.29, 1.82) is 0 Å². The van der Waals surface area contributed by atoms with Gasteiger partial charge in [-0.15, -0.1) is 13.2 Å². The van der Waals surface area contributed by atoms with E-state index in [2.05, 4.69) is 9.72 Å². The molecule has 4 N–H and O–H groups in total. The molecule has 1 rings (SSSR count). The molecule has 96 valence electrons. The van der Waals surface area contributed by atoms with Crippen LogP contribution in [-0.2, 0) is 6.54 Å². The minimum atomic E-state index is -5.03. The number of rotatable bonds is 3. The summed E-state index contributed by atoms with van der Waals surface area (Å²) in [7, 11) is 0. The number of hydrogen-bond donors (Lipinski definition) is 2. The molecule has 17 heavy (non-hydrogen) atoms. The zero-order chi connectivity index (χ0) is 13.2. The van der Waals surface area contributed by atoms with Crippen LogP contribution in [0.4, 0.5) is 27.6 Å². The predicted molar refractivity (Wildman–Crippen MR) is 48.2 cm³/mol. The van der Waals surface area contributed by atoms with E-state index < -0.39 is 29.8 Å². The Balaban J connectivity index is 3.23. The van der Waals surface area contributed by atoms with Gasteiger partial charge in [-0.1, -0.05) is 0 Å². The molecule has 0 saturated carbocycles. The Bertz CT molecular complexity index is 407. The topological polar surface area (TPSA) is 74.2 Å². The van der Waals surface area contributed by atoms with Gasteiger partial charge in [-0.3, -0.25) is 4.98 Å². The third-order valence-electron chi connectivity index (χ3n) is 1.84. The van der Waals surface area contributed by atoms with Crippen LogP contribution in [-0.4, -0.2) is 11.3 Å². The number of nitrogens with zero attached hydrogens (tertiary/aromatic N) is 1. The third-order valence-corrected chi connectivity index (χ3v) is 1.84. The molecule has 1 heterocycles. The van der Waals surface area contributed by atoms with Gasteiger partial charge in [-0.05, 0) is 0 Å². The minimum absolute atomic E-state index is 0.271. The highest BCUT2D eigenvalue weighted by atomic mass is 19.4.